The van der Waals surface area contributed by atoms with Gasteiger partial charge in [-0.15, -0.1) is 11.3 Å². The number of anilines is 1. The van der Waals surface area contributed by atoms with E-state index in [1.165, 1.54) is 0 Å². The van der Waals surface area contributed by atoms with E-state index in [1.807, 2.05) is 48.7 Å². The van der Waals surface area contributed by atoms with Crippen molar-refractivity contribution in [1.29, 1.82) is 0 Å². The van der Waals surface area contributed by atoms with Crippen LogP contribution in [0.3, 0.4) is 0 Å². The number of hydrogen-bond donors (Lipinski definition) is 1. The number of rotatable bonds is 4. The van der Waals surface area contributed by atoms with Gasteiger partial charge in [-0.25, -0.2) is 4.98 Å². The fourth-order valence-corrected chi connectivity index (χ4v) is 2.81. The van der Waals surface area contributed by atoms with Gasteiger partial charge in [0.2, 0.25) is 0 Å². The maximum Gasteiger partial charge on any atom is 0.142 e. The molecule has 0 unspecified atom stereocenters. The van der Waals surface area contributed by atoms with E-state index in [0.717, 1.165) is 22.0 Å². The van der Waals surface area contributed by atoms with E-state index in [0.29, 0.717) is 18.0 Å². The highest BCUT2D eigenvalue weighted by atomic mass is 32.1. The maximum atomic E-state index is 6.00. The smallest absolute Gasteiger partial charge is 0.142 e. The van der Waals surface area contributed by atoms with E-state index in [9.17, 15) is 0 Å². The summed E-state index contributed by atoms with van der Waals surface area (Å²) in [5.41, 5.74) is 9.39. The molecule has 2 aromatic heterocycles. The van der Waals surface area contributed by atoms with Crippen molar-refractivity contribution in [2.24, 2.45) is 0 Å². The fourth-order valence-electron chi connectivity index (χ4n) is 2.01. The summed E-state index contributed by atoms with van der Waals surface area (Å²) in [6, 6.07) is 11.5. The lowest BCUT2D eigenvalue weighted by Crippen LogP contribution is -1.96. The van der Waals surface area contributed by atoms with Crippen LogP contribution in [0.4, 0.5) is 5.69 Å². The molecular formula is C16H15N3OS. The molecule has 3 rings (SSSR count). The van der Waals surface area contributed by atoms with Gasteiger partial charge in [-0.3, -0.25) is 4.98 Å². The summed E-state index contributed by atoms with van der Waals surface area (Å²) in [6.45, 7) is 2.54. The topological polar surface area (TPSA) is 61.0 Å². The zero-order chi connectivity index (χ0) is 14.7. The summed E-state index contributed by atoms with van der Waals surface area (Å²) in [5.74, 6) is 0.710. The standard InChI is InChI=1S/C16H15N3OS/c1-2-20-15-7-6-11(9-12(15)17)14-10-21-16(19-14)13-5-3-4-8-18-13/h3-10H,2,17H2,1H3. The molecule has 0 atom stereocenters. The van der Waals surface area contributed by atoms with Gasteiger partial charge in [0, 0.05) is 17.1 Å². The molecule has 0 fully saturated rings. The number of nitrogen functional groups attached to an aromatic ring is 1. The predicted octanol–water partition coefficient (Wildman–Crippen LogP) is 3.85. The third-order valence-electron chi connectivity index (χ3n) is 2.99. The molecule has 0 saturated carbocycles. The molecule has 0 saturated heterocycles. The van der Waals surface area contributed by atoms with Gasteiger partial charge in [0.25, 0.3) is 0 Å². The number of pyridine rings is 1. The lowest BCUT2D eigenvalue weighted by atomic mass is 10.1. The first-order valence-corrected chi connectivity index (χ1v) is 7.55. The van der Waals surface area contributed by atoms with Gasteiger partial charge in [0.05, 0.1) is 23.7 Å². The Hall–Kier alpha value is -2.40. The number of thiazole rings is 1. The van der Waals surface area contributed by atoms with E-state index < -0.39 is 0 Å². The van der Waals surface area contributed by atoms with Crippen LogP contribution in [0.25, 0.3) is 22.0 Å². The Balaban J connectivity index is 1.91. The summed E-state index contributed by atoms with van der Waals surface area (Å²) >= 11 is 1.57. The van der Waals surface area contributed by atoms with Crippen molar-refractivity contribution in [2.75, 3.05) is 12.3 Å². The van der Waals surface area contributed by atoms with Crippen molar-refractivity contribution < 1.29 is 4.74 Å². The van der Waals surface area contributed by atoms with Crippen LogP contribution in [0.5, 0.6) is 5.75 Å². The predicted molar refractivity (Wildman–Crippen MR) is 86.4 cm³/mol. The minimum atomic E-state index is 0.601. The first-order chi connectivity index (χ1) is 10.3. The highest BCUT2D eigenvalue weighted by Gasteiger charge is 2.09. The van der Waals surface area contributed by atoms with E-state index in [2.05, 4.69) is 9.97 Å². The van der Waals surface area contributed by atoms with Gasteiger partial charge in [0.1, 0.15) is 10.8 Å². The van der Waals surface area contributed by atoms with E-state index in [-0.39, 0.29) is 0 Å². The van der Waals surface area contributed by atoms with Crippen molar-refractivity contribution in [3.05, 3.63) is 48.0 Å². The molecule has 0 aliphatic heterocycles. The molecule has 2 heterocycles. The quantitative estimate of drug-likeness (QED) is 0.743. The zero-order valence-electron chi connectivity index (χ0n) is 11.6. The van der Waals surface area contributed by atoms with Gasteiger partial charge in [-0.2, -0.15) is 0 Å². The summed E-state index contributed by atoms with van der Waals surface area (Å²) in [4.78, 5) is 8.94. The molecule has 4 nitrogen and oxygen atoms in total. The van der Waals surface area contributed by atoms with Crippen LogP contribution in [-0.4, -0.2) is 16.6 Å². The fraction of sp³-hybridized carbons (Fsp3) is 0.125. The number of hydrogen-bond acceptors (Lipinski definition) is 5. The lowest BCUT2D eigenvalue weighted by molar-refractivity contribution is 0.342. The monoisotopic (exact) mass is 297 g/mol. The van der Waals surface area contributed by atoms with Gasteiger partial charge < -0.3 is 10.5 Å². The van der Waals surface area contributed by atoms with Crippen molar-refractivity contribution in [2.45, 2.75) is 6.92 Å². The van der Waals surface area contributed by atoms with Crippen LogP contribution >= 0.6 is 11.3 Å². The Kier molecular flexibility index (Phi) is 3.83. The summed E-state index contributed by atoms with van der Waals surface area (Å²) in [5, 5.41) is 2.91. The van der Waals surface area contributed by atoms with Gasteiger partial charge in [-0.05, 0) is 37.3 Å². The SMILES string of the molecule is CCOc1ccc(-c2csc(-c3ccccn3)n2)cc1N. The average Bonchev–Trinajstić information content (AvgIpc) is 3.00. The number of ether oxygens (including phenoxy) is 1. The van der Waals surface area contributed by atoms with Gasteiger partial charge in [-0.1, -0.05) is 6.07 Å². The third-order valence-corrected chi connectivity index (χ3v) is 3.86. The van der Waals surface area contributed by atoms with Crippen LogP contribution in [0, 0.1) is 0 Å². The minimum absolute atomic E-state index is 0.601. The van der Waals surface area contributed by atoms with Gasteiger partial charge >= 0.3 is 0 Å². The summed E-state index contributed by atoms with van der Waals surface area (Å²) in [7, 11) is 0. The molecule has 1 aromatic carbocycles. The lowest BCUT2D eigenvalue weighted by Gasteiger charge is -2.07. The van der Waals surface area contributed by atoms with Crippen LogP contribution in [0.2, 0.25) is 0 Å². The van der Waals surface area contributed by atoms with Crippen molar-refractivity contribution >= 4 is 17.0 Å². The Morgan fingerprint density at radius 1 is 1.19 bits per heavy atom. The first-order valence-electron chi connectivity index (χ1n) is 6.67. The van der Waals surface area contributed by atoms with Crippen molar-refractivity contribution in [1.82, 2.24) is 9.97 Å². The molecule has 0 aliphatic carbocycles. The second-order valence-electron chi connectivity index (χ2n) is 4.44. The highest BCUT2D eigenvalue weighted by molar-refractivity contribution is 7.13. The minimum Gasteiger partial charge on any atom is -0.492 e. The van der Waals surface area contributed by atoms with Crippen molar-refractivity contribution in [3.63, 3.8) is 0 Å². The van der Waals surface area contributed by atoms with Crippen LogP contribution in [0.1, 0.15) is 6.92 Å². The van der Waals surface area contributed by atoms with E-state index in [1.54, 1.807) is 17.5 Å². The number of aromatic nitrogens is 2. The maximum absolute atomic E-state index is 6.00. The second-order valence-corrected chi connectivity index (χ2v) is 5.30. The molecule has 0 amide bonds. The Bertz CT molecular complexity index is 740. The third kappa shape index (κ3) is 2.87. The molecular weight excluding hydrogens is 282 g/mol. The summed E-state index contributed by atoms with van der Waals surface area (Å²) in [6.07, 6.45) is 1.77. The van der Waals surface area contributed by atoms with Crippen LogP contribution < -0.4 is 10.5 Å². The average molecular weight is 297 g/mol. The molecule has 106 valence electrons. The summed E-state index contributed by atoms with van der Waals surface area (Å²) < 4.78 is 5.45. The molecule has 0 aliphatic rings. The molecule has 0 bridgehead atoms. The second kappa shape index (κ2) is 5.93. The van der Waals surface area contributed by atoms with E-state index in [4.69, 9.17) is 10.5 Å². The number of nitrogens with zero attached hydrogens (tertiary/aromatic N) is 2. The highest BCUT2D eigenvalue weighted by Crippen LogP contribution is 2.31. The van der Waals surface area contributed by atoms with Gasteiger partial charge in [0.15, 0.2) is 0 Å². The molecule has 3 aromatic rings. The molecule has 21 heavy (non-hydrogen) atoms. The Morgan fingerprint density at radius 2 is 2.10 bits per heavy atom. The number of nitrogens with two attached hydrogens (primary N) is 1. The molecule has 5 heteroatoms. The van der Waals surface area contributed by atoms with Crippen LogP contribution in [0.15, 0.2) is 48.0 Å². The first kappa shape index (κ1) is 13.6. The van der Waals surface area contributed by atoms with Crippen LogP contribution in [-0.2, 0) is 0 Å². The van der Waals surface area contributed by atoms with Crippen molar-refractivity contribution in [3.8, 4) is 27.7 Å². The largest absolute Gasteiger partial charge is 0.492 e. The molecule has 0 radical (unpaired) electrons. The number of benzene rings is 1. The Labute approximate surface area is 127 Å². The normalized spacial score (nSPS) is 10.5. The zero-order valence-corrected chi connectivity index (χ0v) is 12.4. The Morgan fingerprint density at radius 3 is 2.81 bits per heavy atom. The molecule has 2 N–H and O–H groups in total. The molecule has 0 spiro atoms. The van der Waals surface area contributed by atoms with E-state index >= 15 is 0 Å².